The summed E-state index contributed by atoms with van der Waals surface area (Å²) in [7, 11) is 1.69. The third-order valence-electron chi connectivity index (χ3n) is 3.23. The lowest BCUT2D eigenvalue weighted by molar-refractivity contribution is -0.385. The molecule has 104 valence electrons. The molecule has 1 saturated carbocycles. The molecule has 0 saturated heterocycles. The van der Waals surface area contributed by atoms with Gasteiger partial charge in [0.1, 0.15) is 5.69 Å². The van der Waals surface area contributed by atoms with Crippen LogP contribution in [0.5, 0.6) is 0 Å². The molecule has 2 N–H and O–H groups in total. The molecule has 1 aromatic rings. The highest BCUT2D eigenvalue weighted by atomic mass is 16.6. The zero-order valence-corrected chi connectivity index (χ0v) is 11.4. The molecule has 0 aliphatic heterocycles. The van der Waals surface area contributed by atoms with Gasteiger partial charge in [0.25, 0.3) is 0 Å². The van der Waals surface area contributed by atoms with Gasteiger partial charge in [0, 0.05) is 13.1 Å². The molecule has 0 bridgehead atoms. The minimum Gasteiger partial charge on any atom is -0.362 e. The van der Waals surface area contributed by atoms with Crippen molar-refractivity contribution in [3.05, 3.63) is 15.8 Å². The molecule has 7 heteroatoms. The van der Waals surface area contributed by atoms with E-state index in [4.69, 9.17) is 0 Å². The molecule has 0 amide bonds. The van der Waals surface area contributed by atoms with Crippen LogP contribution in [0.3, 0.4) is 0 Å². The summed E-state index contributed by atoms with van der Waals surface area (Å²) in [6.07, 6.45) is 3.55. The van der Waals surface area contributed by atoms with Crippen LogP contribution in [0.4, 0.5) is 17.5 Å². The second kappa shape index (κ2) is 5.38. The van der Waals surface area contributed by atoms with Crippen LogP contribution in [0.1, 0.15) is 31.9 Å². The predicted octanol–water partition coefficient (Wildman–Crippen LogP) is 2.34. The van der Waals surface area contributed by atoms with E-state index in [-0.39, 0.29) is 11.7 Å². The van der Waals surface area contributed by atoms with E-state index in [1.807, 2.05) is 6.92 Å². The topological polar surface area (TPSA) is 93.0 Å². The highest BCUT2D eigenvalue weighted by molar-refractivity contribution is 5.61. The lowest BCUT2D eigenvalue weighted by atomic mass is 10.1. The number of hydrogen-bond acceptors (Lipinski definition) is 6. The largest absolute Gasteiger partial charge is 0.362 e. The first-order valence-corrected chi connectivity index (χ1v) is 6.48. The highest BCUT2D eigenvalue weighted by Gasteiger charge is 2.27. The SMILES string of the molecule is CNc1nc(C)c([N+](=O)[O-])c(NC(C)CC2CC2)n1. The highest BCUT2D eigenvalue weighted by Crippen LogP contribution is 2.35. The molecule has 1 aliphatic rings. The van der Waals surface area contributed by atoms with Gasteiger partial charge in [0.15, 0.2) is 0 Å². The van der Waals surface area contributed by atoms with Crippen molar-refractivity contribution >= 4 is 17.5 Å². The van der Waals surface area contributed by atoms with E-state index in [1.165, 1.54) is 12.8 Å². The third-order valence-corrected chi connectivity index (χ3v) is 3.23. The smallest absolute Gasteiger partial charge is 0.332 e. The van der Waals surface area contributed by atoms with Gasteiger partial charge in [-0.2, -0.15) is 4.98 Å². The Bertz CT molecular complexity index is 487. The molecule has 1 heterocycles. The number of hydrogen-bond donors (Lipinski definition) is 2. The van der Waals surface area contributed by atoms with Gasteiger partial charge in [0.2, 0.25) is 11.8 Å². The summed E-state index contributed by atoms with van der Waals surface area (Å²) in [5.41, 5.74) is 0.326. The first kappa shape index (κ1) is 13.5. The van der Waals surface area contributed by atoms with Crippen molar-refractivity contribution in [2.45, 2.75) is 39.2 Å². The molecule has 0 spiro atoms. The van der Waals surface area contributed by atoms with E-state index < -0.39 is 4.92 Å². The van der Waals surface area contributed by atoms with Gasteiger partial charge >= 0.3 is 5.69 Å². The molecule has 0 radical (unpaired) electrons. The second-order valence-electron chi connectivity index (χ2n) is 5.06. The van der Waals surface area contributed by atoms with Gasteiger partial charge in [-0.1, -0.05) is 12.8 Å². The minimum atomic E-state index is -0.430. The number of aromatic nitrogens is 2. The fourth-order valence-electron chi connectivity index (χ4n) is 2.14. The Labute approximate surface area is 112 Å². The van der Waals surface area contributed by atoms with Crippen molar-refractivity contribution < 1.29 is 4.92 Å². The van der Waals surface area contributed by atoms with Crippen LogP contribution in [0.15, 0.2) is 0 Å². The molecule has 1 unspecified atom stereocenters. The average Bonchev–Trinajstić information content (AvgIpc) is 3.11. The van der Waals surface area contributed by atoms with Crippen LogP contribution in [0.2, 0.25) is 0 Å². The van der Waals surface area contributed by atoms with E-state index in [0.29, 0.717) is 17.5 Å². The Morgan fingerprint density at radius 2 is 2.16 bits per heavy atom. The predicted molar refractivity (Wildman–Crippen MR) is 73.4 cm³/mol. The maximum absolute atomic E-state index is 11.1. The van der Waals surface area contributed by atoms with Crippen LogP contribution in [0, 0.1) is 23.0 Å². The Balaban J connectivity index is 2.24. The average molecular weight is 265 g/mol. The zero-order chi connectivity index (χ0) is 14.0. The van der Waals surface area contributed by atoms with E-state index in [0.717, 1.165) is 12.3 Å². The van der Waals surface area contributed by atoms with Gasteiger partial charge in [0.05, 0.1) is 4.92 Å². The number of aryl methyl sites for hydroxylation is 1. The van der Waals surface area contributed by atoms with Gasteiger partial charge in [-0.3, -0.25) is 10.1 Å². The quantitative estimate of drug-likeness (QED) is 0.605. The molecular weight excluding hydrogens is 246 g/mol. The molecule has 1 aromatic heterocycles. The summed E-state index contributed by atoms with van der Waals surface area (Å²) >= 11 is 0. The summed E-state index contributed by atoms with van der Waals surface area (Å²) in [5, 5.41) is 17.1. The first-order valence-electron chi connectivity index (χ1n) is 6.48. The Morgan fingerprint density at radius 3 is 2.68 bits per heavy atom. The van der Waals surface area contributed by atoms with Gasteiger partial charge in [-0.25, -0.2) is 4.98 Å². The Hall–Kier alpha value is -1.92. The molecule has 1 aliphatic carbocycles. The number of nitrogens with one attached hydrogen (secondary N) is 2. The summed E-state index contributed by atoms with van der Waals surface area (Å²) in [6.45, 7) is 3.65. The van der Waals surface area contributed by atoms with E-state index >= 15 is 0 Å². The molecule has 1 atom stereocenters. The second-order valence-corrected chi connectivity index (χ2v) is 5.06. The maximum Gasteiger partial charge on any atom is 0.332 e. The summed E-state index contributed by atoms with van der Waals surface area (Å²) < 4.78 is 0. The molecule has 1 fully saturated rings. The fraction of sp³-hybridized carbons (Fsp3) is 0.667. The van der Waals surface area contributed by atoms with Crippen molar-refractivity contribution in [3.63, 3.8) is 0 Å². The normalized spacial score (nSPS) is 15.9. The zero-order valence-electron chi connectivity index (χ0n) is 11.4. The molecule has 7 nitrogen and oxygen atoms in total. The fourth-order valence-corrected chi connectivity index (χ4v) is 2.14. The number of rotatable bonds is 6. The lowest BCUT2D eigenvalue weighted by Gasteiger charge is -2.15. The van der Waals surface area contributed by atoms with Gasteiger partial charge in [-0.05, 0) is 26.2 Å². The summed E-state index contributed by atoms with van der Waals surface area (Å²) in [6, 6.07) is 0.171. The molecule has 0 aromatic carbocycles. The van der Waals surface area contributed by atoms with Crippen molar-refractivity contribution in [2.75, 3.05) is 17.7 Å². The minimum absolute atomic E-state index is 0.0401. The monoisotopic (exact) mass is 265 g/mol. The standard InChI is InChI=1S/C12H19N5O2/c1-7(6-9-4-5-9)14-11-10(17(18)19)8(2)15-12(13-3)16-11/h7,9H,4-6H2,1-3H3,(H2,13,14,15,16). The van der Waals surface area contributed by atoms with Crippen molar-refractivity contribution in [1.29, 1.82) is 0 Å². The van der Waals surface area contributed by atoms with Gasteiger partial charge < -0.3 is 10.6 Å². The van der Waals surface area contributed by atoms with Crippen LogP contribution in [-0.2, 0) is 0 Å². The van der Waals surface area contributed by atoms with Crippen LogP contribution in [-0.4, -0.2) is 28.0 Å². The summed E-state index contributed by atoms with van der Waals surface area (Å²) in [4.78, 5) is 18.9. The molecular formula is C12H19N5O2. The maximum atomic E-state index is 11.1. The van der Waals surface area contributed by atoms with Crippen molar-refractivity contribution in [2.24, 2.45) is 5.92 Å². The van der Waals surface area contributed by atoms with Crippen molar-refractivity contribution in [1.82, 2.24) is 9.97 Å². The van der Waals surface area contributed by atoms with Crippen LogP contribution in [0.25, 0.3) is 0 Å². The van der Waals surface area contributed by atoms with E-state index in [9.17, 15) is 10.1 Å². The number of nitrogens with zero attached hydrogens (tertiary/aromatic N) is 3. The molecule has 2 rings (SSSR count). The first-order chi connectivity index (χ1) is 9.01. The summed E-state index contributed by atoms with van der Waals surface area (Å²) in [5.74, 6) is 1.45. The molecule has 19 heavy (non-hydrogen) atoms. The van der Waals surface area contributed by atoms with E-state index in [2.05, 4.69) is 20.6 Å². The Morgan fingerprint density at radius 1 is 1.47 bits per heavy atom. The van der Waals surface area contributed by atoms with Gasteiger partial charge in [-0.15, -0.1) is 0 Å². The van der Waals surface area contributed by atoms with Crippen molar-refractivity contribution in [3.8, 4) is 0 Å². The van der Waals surface area contributed by atoms with Crippen LogP contribution >= 0.6 is 0 Å². The van der Waals surface area contributed by atoms with Crippen LogP contribution < -0.4 is 10.6 Å². The number of nitro groups is 1. The third kappa shape index (κ3) is 3.30. The number of anilines is 2. The lowest BCUT2D eigenvalue weighted by Crippen LogP contribution is -2.19. The Kier molecular flexibility index (Phi) is 3.82. The van der Waals surface area contributed by atoms with E-state index in [1.54, 1.807) is 14.0 Å².